The minimum atomic E-state index is -4.08. The van der Waals surface area contributed by atoms with Gasteiger partial charge in [0.25, 0.3) is 10.0 Å². The van der Waals surface area contributed by atoms with Crippen LogP contribution in [0.4, 0.5) is 5.69 Å². The van der Waals surface area contributed by atoms with Gasteiger partial charge in [-0.15, -0.1) is 0 Å². The second-order valence-electron chi connectivity index (χ2n) is 3.26. The molecule has 0 aromatic heterocycles. The second-order valence-corrected chi connectivity index (χ2v) is 6.85. The molecule has 2 rings (SSSR count). The van der Waals surface area contributed by atoms with Gasteiger partial charge in [0.05, 0.1) is 17.4 Å². The van der Waals surface area contributed by atoms with E-state index in [4.69, 9.17) is 16.7 Å². The fraction of sp³-hybridized carbons (Fsp3) is 0.143. The molecule has 0 fully saturated rings. The molecule has 0 spiro atoms. The second kappa shape index (κ2) is 3.82. The van der Waals surface area contributed by atoms with Crippen LogP contribution >= 0.6 is 11.6 Å². The van der Waals surface area contributed by atoms with Crippen molar-refractivity contribution in [2.24, 2.45) is 5.14 Å². The molecule has 0 saturated carbocycles. The lowest BCUT2D eigenvalue weighted by atomic mass is 10.3. The summed E-state index contributed by atoms with van der Waals surface area (Å²) in [7, 11) is -7.94. The number of benzene rings is 1. The predicted octanol–water partition coefficient (Wildman–Crippen LogP) is -0.336. The lowest BCUT2D eigenvalue weighted by Gasteiger charge is -2.18. The summed E-state index contributed by atoms with van der Waals surface area (Å²) in [5.41, 5.74) is 0.206. The van der Waals surface area contributed by atoms with Crippen molar-refractivity contribution in [1.29, 1.82) is 0 Å². The number of sulfonamides is 2. The van der Waals surface area contributed by atoms with Crippen LogP contribution in [0, 0.1) is 0 Å². The monoisotopic (exact) mass is 296 g/mol. The molecule has 93 valence electrons. The number of fused-ring (bicyclic) bond motifs is 1. The fourth-order valence-electron chi connectivity index (χ4n) is 1.38. The largest absolute Gasteiger partial charge is 0.369 e. The normalized spacial score (nSPS) is 18.2. The van der Waals surface area contributed by atoms with Crippen LogP contribution in [-0.4, -0.2) is 23.5 Å². The molecule has 10 heteroatoms. The van der Waals surface area contributed by atoms with E-state index in [-0.39, 0.29) is 22.3 Å². The Morgan fingerprint density at radius 2 is 2.06 bits per heavy atom. The maximum absolute atomic E-state index is 11.6. The lowest BCUT2D eigenvalue weighted by Crippen LogP contribution is -2.29. The Hall–Kier alpha value is -0.870. The van der Waals surface area contributed by atoms with Crippen LogP contribution in [0.2, 0.25) is 5.02 Å². The van der Waals surface area contributed by atoms with Gasteiger partial charge in [-0.05, 0) is 12.1 Å². The van der Waals surface area contributed by atoms with E-state index in [1.165, 1.54) is 6.07 Å². The zero-order chi connectivity index (χ0) is 12.8. The van der Waals surface area contributed by atoms with Gasteiger partial charge in [0.1, 0.15) is 9.79 Å². The molecular weight excluding hydrogens is 290 g/mol. The maximum Gasteiger partial charge on any atom is 0.260 e. The summed E-state index contributed by atoms with van der Waals surface area (Å²) in [5.74, 6) is 0. The number of anilines is 1. The van der Waals surface area contributed by atoms with E-state index in [1.54, 1.807) is 0 Å². The quantitative estimate of drug-likeness (QED) is 0.734. The van der Waals surface area contributed by atoms with Crippen molar-refractivity contribution in [3.63, 3.8) is 0 Å². The molecule has 0 aliphatic carbocycles. The number of hydrogen-bond acceptors (Lipinski definition) is 5. The maximum atomic E-state index is 11.6. The summed E-state index contributed by atoms with van der Waals surface area (Å²) >= 11 is 5.71. The van der Waals surface area contributed by atoms with Crippen LogP contribution < -0.4 is 15.2 Å². The van der Waals surface area contributed by atoms with E-state index >= 15 is 0 Å². The van der Waals surface area contributed by atoms with Gasteiger partial charge in [-0.2, -0.15) is 0 Å². The molecule has 0 saturated heterocycles. The zero-order valence-electron chi connectivity index (χ0n) is 8.21. The number of rotatable bonds is 1. The number of hydrogen-bond donors (Lipinski definition) is 2. The number of primary sulfonamides is 1. The van der Waals surface area contributed by atoms with Gasteiger partial charge in [0.2, 0.25) is 10.0 Å². The van der Waals surface area contributed by atoms with Gasteiger partial charge in [-0.1, -0.05) is 16.3 Å². The third-order valence-electron chi connectivity index (χ3n) is 2.12. The van der Waals surface area contributed by atoms with E-state index in [0.29, 0.717) is 0 Å². The zero-order valence-corrected chi connectivity index (χ0v) is 10.6. The average molecular weight is 297 g/mol. The highest BCUT2D eigenvalue weighted by atomic mass is 35.5. The Labute approximate surface area is 103 Å². The summed E-state index contributed by atoms with van der Waals surface area (Å²) in [5, 5.41) is 7.45. The molecule has 17 heavy (non-hydrogen) atoms. The molecule has 1 aromatic rings. The van der Waals surface area contributed by atoms with Crippen LogP contribution in [0.15, 0.2) is 21.9 Å². The Kier molecular flexibility index (Phi) is 2.83. The number of nitrogens with one attached hydrogen (secondary N) is 1. The molecule has 0 atom stereocenters. The molecule has 0 unspecified atom stereocenters. The first-order valence-electron chi connectivity index (χ1n) is 4.26. The molecule has 0 bridgehead atoms. The highest BCUT2D eigenvalue weighted by Gasteiger charge is 2.28. The molecule has 1 heterocycles. The van der Waals surface area contributed by atoms with Crippen LogP contribution in [0.1, 0.15) is 0 Å². The Morgan fingerprint density at radius 3 is 2.65 bits per heavy atom. The lowest BCUT2D eigenvalue weighted by molar-refractivity contribution is 0.579. The van der Waals surface area contributed by atoms with Gasteiger partial charge in [0.15, 0.2) is 0 Å². The summed E-state index contributed by atoms with van der Waals surface area (Å²) in [6.07, 6.45) is 0. The standard InChI is InChI=1S/C7H7ClN3O4S2/c8-4-1-5-7(2-6(4)16(9,12)13)17(14,15)11-3-10-5/h1-2,10H,3H2,(H2,9,12,13). The Balaban J connectivity index is 2.79. The SMILES string of the molecule is NS(=O)(=O)c1cc2c(cc1Cl)NC[N]S2(=O)=O. The molecule has 1 radical (unpaired) electrons. The van der Waals surface area contributed by atoms with E-state index in [2.05, 4.69) is 10.0 Å². The molecule has 1 aliphatic rings. The molecule has 1 aliphatic heterocycles. The molecule has 3 N–H and O–H groups in total. The molecular formula is C7H7ClN3O4S2. The van der Waals surface area contributed by atoms with E-state index in [1.807, 2.05) is 0 Å². The van der Waals surface area contributed by atoms with Crippen molar-refractivity contribution < 1.29 is 16.8 Å². The molecule has 7 nitrogen and oxygen atoms in total. The van der Waals surface area contributed by atoms with Crippen molar-refractivity contribution >= 4 is 37.3 Å². The Bertz CT molecular complexity index is 683. The summed E-state index contributed by atoms with van der Waals surface area (Å²) in [6, 6.07) is 2.10. The van der Waals surface area contributed by atoms with E-state index < -0.39 is 24.9 Å². The first-order valence-corrected chi connectivity index (χ1v) is 7.62. The smallest absolute Gasteiger partial charge is 0.260 e. The topological polar surface area (TPSA) is 120 Å². The van der Waals surface area contributed by atoms with Crippen LogP contribution in [0.5, 0.6) is 0 Å². The van der Waals surface area contributed by atoms with Crippen molar-refractivity contribution in [1.82, 2.24) is 4.72 Å². The number of nitrogens with zero attached hydrogens (tertiary/aromatic N) is 1. The third-order valence-corrected chi connectivity index (χ3v) is 4.86. The molecule has 0 amide bonds. The van der Waals surface area contributed by atoms with Gasteiger partial charge in [-0.25, -0.2) is 22.0 Å². The highest BCUT2D eigenvalue weighted by Crippen LogP contribution is 2.32. The number of nitrogens with two attached hydrogens (primary N) is 1. The van der Waals surface area contributed by atoms with Gasteiger partial charge in [0, 0.05) is 0 Å². The minimum absolute atomic E-state index is 0.111. The summed E-state index contributed by atoms with van der Waals surface area (Å²) < 4.78 is 48.9. The van der Waals surface area contributed by atoms with Gasteiger partial charge < -0.3 is 5.32 Å². The van der Waals surface area contributed by atoms with Gasteiger partial charge >= 0.3 is 0 Å². The first kappa shape index (κ1) is 12.6. The highest BCUT2D eigenvalue weighted by molar-refractivity contribution is 7.90. The minimum Gasteiger partial charge on any atom is -0.369 e. The Morgan fingerprint density at radius 1 is 1.41 bits per heavy atom. The number of halogens is 1. The van der Waals surface area contributed by atoms with Crippen molar-refractivity contribution in [2.75, 3.05) is 12.0 Å². The van der Waals surface area contributed by atoms with Crippen LogP contribution in [0.3, 0.4) is 0 Å². The van der Waals surface area contributed by atoms with Crippen LogP contribution in [0.25, 0.3) is 0 Å². The third kappa shape index (κ3) is 2.24. The average Bonchev–Trinajstić information content (AvgIpc) is 2.13. The summed E-state index contributed by atoms with van der Waals surface area (Å²) in [4.78, 5) is -0.697. The van der Waals surface area contributed by atoms with Crippen molar-refractivity contribution in [2.45, 2.75) is 9.79 Å². The van der Waals surface area contributed by atoms with Crippen molar-refractivity contribution in [3.8, 4) is 0 Å². The predicted molar refractivity (Wildman–Crippen MR) is 60.6 cm³/mol. The fourth-order valence-corrected chi connectivity index (χ4v) is 3.60. The first-order chi connectivity index (χ1) is 7.72. The van der Waals surface area contributed by atoms with E-state index in [0.717, 1.165) is 6.07 Å². The van der Waals surface area contributed by atoms with Crippen LogP contribution in [-0.2, 0) is 20.0 Å². The van der Waals surface area contributed by atoms with Gasteiger partial charge in [-0.3, -0.25) is 0 Å². The molecule has 1 aromatic carbocycles. The van der Waals surface area contributed by atoms with Crippen molar-refractivity contribution in [3.05, 3.63) is 17.2 Å². The van der Waals surface area contributed by atoms with E-state index in [9.17, 15) is 16.8 Å². The summed E-state index contributed by atoms with van der Waals surface area (Å²) in [6.45, 7) is -0.111.